The maximum absolute atomic E-state index is 14.0. The van der Waals surface area contributed by atoms with Crippen molar-refractivity contribution in [3.63, 3.8) is 0 Å². The molecule has 0 spiro atoms. The van der Waals surface area contributed by atoms with Crippen LogP contribution in [0.2, 0.25) is 0 Å². The van der Waals surface area contributed by atoms with E-state index >= 15 is 0 Å². The molecule has 0 aliphatic carbocycles. The summed E-state index contributed by atoms with van der Waals surface area (Å²) in [6, 6.07) is 13.4. The zero-order valence-electron chi connectivity index (χ0n) is 30.7. The van der Waals surface area contributed by atoms with Gasteiger partial charge in [-0.25, -0.2) is 8.42 Å². The minimum atomic E-state index is -3.63. The van der Waals surface area contributed by atoms with Gasteiger partial charge in [0.15, 0.2) is 9.84 Å². The molecule has 1 N–H and O–H groups in total. The number of fused-ring (bicyclic) bond motifs is 1. The molecule has 0 fully saturated rings. The van der Waals surface area contributed by atoms with Crippen molar-refractivity contribution < 1.29 is 56.2 Å². The normalized spacial score (nSPS) is 18.4. The first-order valence-corrected chi connectivity index (χ1v) is 19.6. The molecule has 0 saturated heterocycles. The van der Waals surface area contributed by atoms with Gasteiger partial charge >= 0.3 is 0 Å². The van der Waals surface area contributed by atoms with Crippen LogP contribution >= 0.6 is 0 Å². The summed E-state index contributed by atoms with van der Waals surface area (Å²) >= 11 is 0. The molecule has 1 aliphatic rings. The molecule has 274 valence electrons. The number of ether oxygens (including phenoxy) is 3. The average molecular weight is 803 g/mol. The molecule has 1 heterocycles. The van der Waals surface area contributed by atoms with Gasteiger partial charge in [-0.15, -0.1) is 0 Å². The van der Waals surface area contributed by atoms with Crippen LogP contribution in [-0.2, 0) is 19.3 Å². The molecule has 2 atom stereocenters. The number of nitrogens with zero attached hydrogens (tertiary/aromatic N) is 2. The molecule has 0 radical (unpaired) electrons. The van der Waals surface area contributed by atoms with Gasteiger partial charge in [0.2, 0.25) is 0 Å². The highest BCUT2D eigenvalue weighted by Crippen LogP contribution is 2.50. The Morgan fingerprint density at radius 2 is 1.40 bits per heavy atom. The first-order chi connectivity index (χ1) is 22.5. The number of hydrogen-bond donors (Lipinski definition) is 1. The Bertz CT molecular complexity index is 1300. The van der Waals surface area contributed by atoms with Crippen LogP contribution in [0, 0.1) is 5.41 Å². The number of aliphatic hydroxyl groups excluding tert-OH is 1. The maximum Gasteiger partial charge on any atom is 0.179 e. The van der Waals surface area contributed by atoms with E-state index in [1.807, 2.05) is 55.4 Å². The van der Waals surface area contributed by atoms with E-state index in [0.29, 0.717) is 55.5 Å². The average Bonchev–Trinajstić information content (AvgIpc) is 3.14. The highest BCUT2D eigenvalue weighted by atomic mass is 127. The third-order valence-corrected chi connectivity index (χ3v) is 12.5. The number of unbranched alkanes of at least 4 members (excludes halogenated alkanes) is 2. The topological polar surface area (TPSA) is 85.3 Å². The SMILES string of the molecule is CCCCC1(CCCC)CS(=O)(=O)c2ccc(N(C)C)cc2[C@@H](c2ccc(OCCOCCOCC[N+](CC)(CC)CC)cc2)[C@H]1O.[I-]. The van der Waals surface area contributed by atoms with Crippen LogP contribution in [0.4, 0.5) is 5.69 Å². The minimum Gasteiger partial charge on any atom is -1.00 e. The van der Waals surface area contributed by atoms with E-state index in [1.54, 1.807) is 6.07 Å². The largest absolute Gasteiger partial charge is 1.00 e. The highest BCUT2D eigenvalue weighted by Gasteiger charge is 2.49. The van der Waals surface area contributed by atoms with Crippen molar-refractivity contribution in [3.8, 4) is 5.75 Å². The van der Waals surface area contributed by atoms with Crippen LogP contribution in [0.3, 0.4) is 0 Å². The molecular formula is C38H63IN2O6S. The second-order valence-electron chi connectivity index (χ2n) is 13.5. The number of benzene rings is 2. The molecule has 0 unspecified atom stereocenters. The zero-order chi connectivity index (χ0) is 34.5. The molecule has 10 heteroatoms. The first kappa shape index (κ1) is 42.7. The fraction of sp³-hybridized carbons (Fsp3) is 0.684. The second kappa shape index (κ2) is 20.4. The van der Waals surface area contributed by atoms with Crippen molar-refractivity contribution in [2.24, 2.45) is 5.41 Å². The molecule has 0 aromatic heterocycles. The van der Waals surface area contributed by atoms with E-state index in [2.05, 4.69) is 34.6 Å². The predicted molar refractivity (Wildman–Crippen MR) is 192 cm³/mol. The zero-order valence-corrected chi connectivity index (χ0v) is 33.7. The van der Waals surface area contributed by atoms with E-state index < -0.39 is 27.3 Å². The molecule has 0 amide bonds. The van der Waals surface area contributed by atoms with Crippen LogP contribution in [-0.4, -0.2) is 103 Å². The summed E-state index contributed by atoms with van der Waals surface area (Å²) in [6.45, 7) is 18.1. The van der Waals surface area contributed by atoms with E-state index in [9.17, 15) is 13.5 Å². The van der Waals surface area contributed by atoms with Gasteiger partial charge in [0.25, 0.3) is 0 Å². The maximum atomic E-state index is 14.0. The fourth-order valence-electron chi connectivity index (χ4n) is 7.11. The molecule has 48 heavy (non-hydrogen) atoms. The number of sulfone groups is 1. The lowest BCUT2D eigenvalue weighted by atomic mass is 9.68. The summed E-state index contributed by atoms with van der Waals surface area (Å²) in [6.07, 6.45) is 4.15. The number of halogens is 1. The Balaban J connectivity index is 0.00000800. The van der Waals surface area contributed by atoms with Crippen LogP contribution in [0.5, 0.6) is 5.75 Å². The molecule has 2 aromatic rings. The summed E-state index contributed by atoms with van der Waals surface area (Å²) in [5.41, 5.74) is 1.74. The van der Waals surface area contributed by atoms with Crippen LogP contribution < -0.4 is 33.6 Å². The molecule has 3 rings (SSSR count). The second-order valence-corrected chi connectivity index (χ2v) is 15.5. The van der Waals surface area contributed by atoms with Gasteiger partial charge in [-0.05, 0) is 75.1 Å². The summed E-state index contributed by atoms with van der Waals surface area (Å²) in [5.74, 6) is 0.195. The Labute approximate surface area is 309 Å². The van der Waals surface area contributed by atoms with Gasteiger partial charge < -0.3 is 52.7 Å². The van der Waals surface area contributed by atoms with Crippen LogP contribution in [0.15, 0.2) is 47.4 Å². The molecular weight excluding hydrogens is 739 g/mol. The van der Waals surface area contributed by atoms with Crippen molar-refractivity contribution in [3.05, 3.63) is 53.6 Å². The standard InChI is InChI=1S/C38H63N2O6S.HI/c1-8-13-21-38(22-14-9-2)30-47(42,43)35-20-17-32(39(6)7)29-34(35)36(37(38)41)31-15-18-33(19-16-31)46-28-27-45-26-25-44-24-23-40(10-3,11-4)12-5;/h15-20,29,36-37,41H,8-14,21-28,30H2,1-7H3;1H/q+1;/p-1/t36-,37-;/m1./s1. The number of aliphatic hydroxyl groups is 1. The van der Waals surface area contributed by atoms with Crippen molar-refractivity contribution in [1.82, 2.24) is 0 Å². The van der Waals surface area contributed by atoms with Crippen molar-refractivity contribution >= 4 is 15.5 Å². The number of rotatable bonds is 21. The van der Waals surface area contributed by atoms with E-state index in [4.69, 9.17) is 14.2 Å². The van der Waals surface area contributed by atoms with E-state index in [0.717, 1.165) is 74.2 Å². The third kappa shape index (κ3) is 11.0. The number of quaternary nitrogens is 1. The molecule has 0 saturated carbocycles. The van der Waals surface area contributed by atoms with Gasteiger partial charge in [-0.1, -0.05) is 51.7 Å². The molecule has 8 nitrogen and oxygen atoms in total. The Morgan fingerprint density at radius 1 is 0.833 bits per heavy atom. The summed E-state index contributed by atoms with van der Waals surface area (Å²) in [5, 5.41) is 12.4. The van der Waals surface area contributed by atoms with Gasteiger partial charge in [0.1, 0.15) is 18.9 Å². The van der Waals surface area contributed by atoms with Crippen molar-refractivity contribution in [1.29, 1.82) is 0 Å². The lowest BCUT2D eigenvalue weighted by Gasteiger charge is -2.40. The Hall–Kier alpha value is -1.44. The third-order valence-electron chi connectivity index (χ3n) is 10.5. The molecule has 0 bridgehead atoms. The monoisotopic (exact) mass is 802 g/mol. The summed E-state index contributed by atoms with van der Waals surface area (Å²) in [7, 11) is 0.263. The predicted octanol–water partition coefficient (Wildman–Crippen LogP) is 3.69. The van der Waals surface area contributed by atoms with Crippen LogP contribution in [0.25, 0.3) is 0 Å². The lowest BCUT2D eigenvalue weighted by Crippen LogP contribution is -3.00. The first-order valence-electron chi connectivity index (χ1n) is 18.0. The lowest BCUT2D eigenvalue weighted by molar-refractivity contribution is -0.923. The van der Waals surface area contributed by atoms with E-state index in [-0.39, 0.29) is 29.7 Å². The number of likely N-dealkylation sites (N-methyl/N-ethyl adjacent to an activating group) is 1. The van der Waals surface area contributed by atoms with E-state index in [1.165, 1.54) is 0 Å². The highest BCUT2D eigenvalue weighted by molar-refractivity contribution is 7.91. The summed E-state index contributed by atoms with van der Waals surface area (Å²) in [4.78, 5) is 2.31. The Morgan fingerprint density at radius 3 is 1.94 bits per heavy atom. The minimum absolute atomic E-state index is 0. The quantitative estimate of drug-likeness (QED) is 0.117. The summed E-state index contributed by atoms with van der Waals surface area (Å²) < 4.78 is 46.7. The molecule has 1 aliphatic heterocycles. The van der Waals surface area contributed by atoms with Crippen molar-refractivity contribution in [2.75, 3.05) is 84.0 Å². The van der Waals surface area contributed by atoms with Crippen molar-refractivity contribution in [2.45, 2.75) is 90.1 Å². The molecule has 2 aromatic carbocycles. The fourth-order valence-corrected chi connectivity index (χ4v) is 9.30. The van der Waals surface area contributed by atoms with Gasteiger partial charge in [0.05, 0.1) is 62.8 Å². The smallest absolute Gasteiger partial charge is 0.179 e. The van der Waals surface area contributed by atoms with Gasteiger partial charge in [-0.2, -0.15) is 0 Å². The van der Waals surface area contributed by atoms with Gasteiger partial charge in [0, 0.05) is 31.1 Å². The Kier molecular flexibility index (Phi) is 18.2. The van der Waals surface area contributed by atoms with Gasteiger partial charge in [-0.3, -0.25) is 0 Å². The number of anilines is 1. The number of hydrogen-bond acceptors (Lipinski definition) is 7. The van der Waals surface area contributed by atoms with Crippen LogP contribution in [0.1, 0.15) is 90.2 Å².